The van der Waals surface area contributed by atoms with Crippen molar-refractivity contribution in [3.05, 3.63) is 60.2 Å². The molecule has 1 unspecified atom stereocenters. The number of benzene rings is 1. The minimum atomic E-state index is -0.837. The Labute approximate surface area is 252 Å². The van der Waals surface area contributed by atoms with E-state index in [9.17, 15) is 19.5 Å². The van der Waals surface area contributed by atoms with Gasteiger partial charge in [0.1, 0.15) is 6.04 Å². The number of likely N-dealkylation sites (tertiary alicyclic amines) is 1. The molecule has 5 atom stereocenters. The zero-order valence-electron chi connectivity index (χ0n) is 24.4. The standard InChI is InChI=1S/C32H42N4O5S/c1-31-11-7-14-35(23-24-9-3-2-4-10-24)28(38)25(31)26-29(39)36(15-5-6-20-37)27-30(40)34(13-8-12-32(26,27)42-31)17-16-33-18-21-41-22-19-33/h2-4,7-12,25-27,37H,5-6,13-23H2,1H3/t25-,26+,27?,31+,32+/m1/s1. The van der Waals surface area contributed by atoms with Crippen molar-refractivity contribution >= 4 is 29.5 Å². The first-order chi connectivity index (χ1) is 20.4. The first-order valence-electron chi connectivity index (χ1n) is 15.3. The molecule has 1 N–H and O–H groups in total. The normalized spacial score (nSPS) is 33.0. The van der Waals surface area contributed by atoms with Crippen LogP contribution in [0.2, 0.25) is 0 Å². The van der Waals surface area contributed by atoms with Crippen LogP contribution < -0.4 is 0 Å². The summed E-state index contributed by atoms with van der Waals surface area (Å²) >= 11 is 1.63. The highest BCUT2D eigenvalue weighted by atomic mass is 32.2. The van der Waals surface area contributed by atoms with Gasteiger partial charge in [-0.3, -0.25) is 19.3 Å². The van der Waals surface area contributed by atoms with E-state index in [1.54, 1.807) is 16.7 Å². The molecule has 0 bridgehead atoms. The molecule has 0 radical (unpaired) electrons. The topological polar surface area (TPSA) is 93.6 Å². The number of fused-ring (bicyclic) bond motifs is 2. The lowest BCUT2D eigenvalue weighted by atomic mass is 9.74. The monoisotopic (exact) mass is 594 g/mol. The van der Waals surface area contributed by atoms with E-state index in [0.29, 0.717) is 58.8 Å². The predicted octanol–water partition coefficient (Wildman–Crippen LogP) is 1.78. The van der Waals surface area contributed by atoms with Gasteiger partial charge in [-0.25, -0.2) is 0 Å². The molecule has 5 aliphatic heterocycles. The summed E-state index contributed by atoms with van der Waals surface area (Å²) in [4.78, 5) is 51.1. The zero-order chi connectivity index (χ0) is 29.3. The Bertz CT molecular complexity index is 1240. The highest BCUT2D eigenvalue weighted by Gasteiger charge is 2.73. The van der Waals surface area contributed by atoms with Crippen LogP contribution in [-0.2, 0) is 25.7 Å². The highest BCUT2D eigenvalue weighted by Crippen LogP contribution is 2.65. The van der Waals surface area contributed by atoms with E-state index >= 15 is 0 Å². The summed E-state index contributed by atoms with van der Waals surface area (Å²) in [7, 11) is 0. The maximum atomic E-state index is 14.5. The maximum Gasteiger partial charge on any atom is 0.247 e. The Kier molecular flexibility index (Phi) is 8.51. The number of ether oxygens (including phenoxy) is 1. The number of amides is 3. The number of thioether (sulfide) groups is 1. The molecular weight excluding hydrogens is 552 g/mol. The van der Waals surface area contributed by atoms with Crippen LogP contribution in [0.4, 0.5) is 0 Å². The lowest BCUT2D eigenvalue weighted by Gasteiger charge is -2.37. The van der Waals surface area contributed by atoms with Gasteiger partial charge in [0.25, 0.3) is 0 Å². The Hall–Kier alpha value is -2.66. The summed E-state index contributed by atoms with van der Waals surface area (Å²) in [5.41, 5.74) is 1.05. The molecule has 42 heavy (non-hydrogen) atoms. The number of nitrogens with zero attached hydrogens (tertiary/aromatic N) is 4. The second-order valence-electron chi connectivity index (χ2n) is 12.2. The number of carbonyl (C=O) groups excluding carboxylic acids is 3. The number of morpholine rings is 1. The van der Waals surface area contributed by atoms with Crippen molar-refractivity contribution in [3.63, 3.8) is 0 Å². The summed E-state index contributed by atoms with van der Waals surface area (Å²) in [6, 6.07) is 9.26. The molecule has 0 aromatic heterocycles. The first kappa shape index (κ1) is 29.4. The summed E-state index contributed by atoms with van der Waals surface area (Å²) in [5, 5.41) is 9.47. The highest BCUT2D eigenvalue weighted by molar-refractivity contribution is 8.02. The summed E-state index contributed by atoms with van der Waals surface area (Å²) in [6.45, 7) is 8.38. The van der Waals surface area contributed by atoms with Crippen LogP contribution in [0.15, 0.2) is 54.6 Å². The van der Waals surface area contributed by atoms with Crippen LogP contribution in [0.25, 0.3) is 0 Å². The van der Waals surface area contributed by atoms with Gasteiger partial charge >= 0.3 is 0 Å². The second-order valence-corrected chi connectivity index (χ2v) is 14.0. The average molecular weight is 595 g/mol. The molecule has 3 fully saturated rings. The van der Waals surface area contributed by atoms with Gasteiger partial charge < -0.3 is 24.5 Å². The number of hydrogen-bond acceptors (Lipinski definition) is 7. The quantitative estimate of drug-likeness (QED) is 0.344. The Morgan fingerprint density at radius 2 is 1.62 bits per heavy atom. The molecule has 3 saturated heterocycles. The number of aliphatic hydroxyl groups is 1. The van der Waals surface area contributed by atoms with Crippen LogP contribution >= 0.6 is 11.8 Å². The minimum absolute atomic E-state index is 0.0284. The zero-order valence-corrected chi connectivity index (χ0v) is 25.2. The molecular formula is C32H42N4O5S. The minimum Gasteiger partial charge on any atom is -0.396 e. The molecule has 6 rings (SSSR count). The lowest BCUT2D eigenvalue weighted by Crippen LogP contribution is -2.54. The Morgan fingerprint density at radius 3 is 2.38 bits per heavy atom. The first-order valence-corrected chi connectivity index (χ1v) is 16.1. The van der Waals surface area contributed by atoms with Crippen LogP contribution in [-0.4, -0.2) is 124 Å². The van der Waals surface area contributed by atoms with E-state index in [0.717, 1.165) is 25.2 Å². The fourth-order valence-corrected chi connectivity index (χ4v) is 9.64. The van der Waals surface area contributed by atoms with Gasteiger partial charge in [0.15, 0.2) is 0 Å². The number of unbranched alkanes of at least 4 members (excludes halogenated alkanes) is 1. The van der Waals surface area contributed by atoms with Crippen molar-refractivity contribution in [1.29, 1.82) is 0 Å². The van der Waals surface area contributed by atoms with E-state index < -0.39 is 27.4 Å². The molecule has 10 heteroatoms. The summed E-state index contributed by atoms with van der Waals surface area (Å²) in [5.74, 6) is -1.41. The molecule has 3 amide bonds. The van der Waals surface area contributed by atoms with Crippen molar-refractivity contribution in [2.45, 2.75) is 41.8 Å². The number of carbonyl (C=O) groups is 3. The van der Waals surface area contributed by atoms with Crippen LogP contribution in [0.5, 0.6) is 0 Å². The predicted molar refractivity (Wildman–Crippen MR) is 162 cm³/mol. The number of rotatable bonds is 9. The van der Waals surface area contributed by atoms with Crippen molar-refractivity contribution in [2.24, 2.45) is 11.8 Å². The molecule has 0 aliphatic carbocycles. The van der Waals surface area contributed by atoms with Gasteiger partial charge in [-0.05, 0) is 25.3 Å². The molecule has 5 heterocycles. The van der Waals surface area contributed by atoms with Crippen LogP contribution in [0.1, 0.15) is 25.3 Å². The molecule has 5 aliphatic rings. The smallest absolute Gasteiger partial charge is 0.247 e. The van der Waals surface area contributed by atoms with Gasteiger partial charge in [0, 0.05) is 63.7 Å². The molecule has 1 aromatic carbocycles. The number of hydrogen-bond donors (Lipinski definition) is 1. The van der Waals surface area contributed by atoms with E-state index in [1.807, 2.05) is 46.2 Å². The van der Waals surface area contributed by atoms with E-state index in [1.165, 1.54) is 0 Å². The molecule has 226 valence electrons. The second kappa shape index (κ2) is 12.1. The molecule has 0 saturated carbocycles. The average Bonchev–Trinajstić information content (AvgIpc) is 3.26. The van der Waals surface area contributed by atoms with E-state index in [-0.39, 0.29) is 24.3 Å². The van der Waals surface area contributed by atoms with Crippen LogP contribution in [0, 0.1) is 11.8 Å². The maximum absolute atomic E-state index is 14.5. The SMILES string of the molecule is C[C@]12C=CCN(Cc3ccccc3)C(=O)[C@H]1[C@H]1C(=O)N(CCCCO)C3C(=O)N(CCN4CCOCC4)CC=C[C@@]31S2. The Balaban J connectivity index is 1.33. The molecule has 1 aromatic rings. The van der Waals surface area contributed by atoms with Crippen molar-refractivity contribution in [2.75, 3.05) is 65.6 Å². The molecule has 1 spiro atoms. The third kappa shape index (κ3) is 5.20. The van der Waals surface area contributed by atoms with Gasteiger partial charge in [-0.1, -0.05) is 54.6 Å². The fraction of sp³-hybridized carbons (Fsp3) is 0.594. The number of aliphatic hydroxyl groups excluding tert-OH is 1. The van der Waals surface area contributed by atoms with Crippen molar-refractivity contribution in [1.82, 2.24) is 19.6 Å². The van der Waals surface area contributed by atoms with Crippen LogP contribution in [0.3, 0.4) is 0 Å². The van der Waals surface area contributed by atoms with E-state index in [2.05, 4.69) is 30.1 Å². The lowest BCUT2D eigenvalue weighted by molar-refractivity contribution is -0.145. The fourth-order valence-electron chi connectivity index (χ4n) is 7.49. The van der Waals surface area contributed by atoms with Gasteiger partial charge in [-0.15, -0.1) is 11.8 Å². The van der Waals surface area contributed by atoms with Gasteiger partial charge in [-0.2, -0.15) is 0 Å². The van der Waals surface area contributed by atoms with Gasteiger partial charge in [0.05, 0.1) is 29.8 Å². The van der Waals surface area contributed by atoms with Crippen molar-refractivity contribution < 1.29 is 24.2 Å². The van der Waals surface area contributed by atoms with Gasteiger partial charge in [0.2, 0.25) is 17.7 Å². The van der Waals surface area contributed by atoms with E-state index in [4.69, 9.17) is 4.74 Å². The third-order valence-electron chi connectivity index (χ3n) is 9.54. The van der Waals surface area contributed by atoms with Crippen molar-refractivity contribution in [3.8, 4) is 0 Å². The Morgan fingerprint density at radius 1 is 0.881 bits per heavy atom. The summed E-state index contributed by atoms with van der Waals surface area (Å²) in [6.07, 6.45) is 9.46. The molecule has 9 nitrogen and oxygen atoms in total. The third-order valence-corrected chi connectivity index (χ3v) is 11.3. The summed E-state index contributed by atoms with van der Waals surface area (Å²) < 4.78 is 4.03. The largest absolute Gasteiger partial charge is 0.396 e.